The van der Waals surface area contributed by atoms with Crippen LogP contribution in [-0.2, 0) is 0 Å². The summed E-state index contributed by atoms with van der Waals surface area (Å²) in [7, 11) is 0. The van der Waals surface area contributed by atoms with E-state index in [0.29, 0.717) is 11.8 Å². The Morgan fingerprint density at radius 1 is 1.18 bits per heavy atom. The van der Waals surface area contributed by atoms with Gasteiger partial charge in [-0.1, -0.05) is 55.7 Å². The van der Waals surface area contributed by atoms with Gasteiger partial charge in [-0.2, -0.15) is 0 Å². The molecule has 0 heteroatoms. The summed E-state index contributed by atoms with van der Waals surface area (Å²) in [6.07, 6.45) is 15.2. The fraction of sp³-hybridized carbons (Fsp3) is 0.176. The third kappa shape index (κ3) is 1.37. The van der Waals surface area contributed by atoms with Gasteiger partial charge in [0, 0.05) is 11.8 Å². The molecule has 0 aromatic rings. The lowest BCUT2D eigenvalue weighted by molar-refractivity contribution is 0.563. The molecule has 0 bridgehead atoms. The van der Waals surface area contributed by atoms with Crippen molar-refractivity contribution in [1.82, 2.24) is 0 Å². The van der Waals surface area contributed by atoms with Crippen molar-refractivity contribution in [2.24, 2.45) is 11.8 Å². The fourth-order valence-corrected chi connectivity index (χ4v) is 3.09. The van der Waals surface area contributed by atoms with Crippen molar-refractivity contribution in [3.05, 3.63) is 83.6 Å². The molecule has 0 saturated carbocycles. The zero-order valence-corrected chi connectivity index (χ0v) is 10.1. The largest absolute Gasteiger partial charge is 0.0988 e. The minimum atomic E-state index is 0.382. The second kappa shape index (κ2) is 3.59. The van der Waals surface area contributed by atoms with Gasteiger partial charge in [0.1, 0.15) is 0 Å². The van der Waals surface area contributed by atoms with E-state index >= 15 is 0 Å². The maximum absolute atomic E-state index is 4.20. The molecule has 0 aromatic heterocycles. The van der Waals surface area contributed by atoms with Crippen LogP contribution in [0.15, 0.2) is 83.6 Å². The molecule has 0 amide bonds. The van der Waals surface area contributed by atoms with E-state index < -0.39 is 0 Å². The lowest BCUT2D eigenvalue weighted by atomic mass is 9.65. The second-order valence-electron chi connectivity index (χ2n) is 4.88. The Labute approximate surface area is 103 Å². The molecule has 17 heavy (non-hydrogen) atoms. The van der Waals surface area contributed by atoms with E-state index in [-0.39, 0.29) is 0 Å². The van der Waals surface area contributed by atoms with Crippen molar-refractivity contribution >= 4 is 0 Å². The highest BCUT2D eigenvalue weighted by molar-refractivity contribution is 5.59. The highest BCUT2D eigenvalue weighted by atomic mass is 14.4. The van der Waals surface area contributed by atoms with Crippen LogP contribution in [0.2, 0.25) is 0 Å². The lowest BCUT2D eigenvalue weighted by Gasteiger charge is -2.39. The molecule has 2 atom stereocenters. The predicted molar refractivity (Wildman–Crippen MR) is 73.5 cm³/mol. The van der Waals surface area contributed by atoms with Crippen LogP contribution in [0.5, 0.6) is 0 Å². The second-order valence-corrected chi connectivity index (χ2v) is 4.88. The summed E-state index contributed by atoms with van der Waals surface area (Å²) in [4.78, 5) is 0. The molecule has 0 nitrogen and oxygen atoms in total. The molecule has 0 N–H and O–H groups in total. The van der Waals surface area contributed by atoms with Crippen molar-refractivity contribution in [1.29, 1.82) is 0 Å². The number of hydrogen-bond acceptors (Lipinski definition) is 0. The van der Waals surface area contributed by atoms with Crippen molar-refractivity contribution in [3.63, 3.8) is 0 Å². The summed E-state index contributed by atoms with van der Waals surface area (Å²) in [5.41, 5.74) is 6.67. The van der Waals surface area contributed by atoms with Crippen LogP contribution in [0, 0.1) is 11.8 Å². The van der Waals surface area contributed by atoms with Crippen LogP contribution in [0.25, 0.3) is 0 Å². The van der Waals surface area contributed by atoms with E-state index in [2.05, 4.69) is 56.5 Å². The summed E-state index contributed by atoms with van der Waals surface area (Å²) < 4.78 is 0. The average Bonchev–Trinajstić information content (AvgIpc) is 2.35. The van der Waals surface area contributed by atoms with Crippen LogP contribution in [0.1, 0.15) is 6.92 Å². The SMILES string of the molecule is C=CC1=CC(C)=C2C=CC=C3C=CC(=C)C1C32. The average molecular weight is 220 g/mol. The Hall–Kier alpha value is -1.82. The Balaban J connectivity index is 2.26. The van der Waals surface area contributed by atoms with E-state index in [9.17, 15) is 0 Å². The third-order valence-electron chi connectivity index (χ3n) is 3.91. The maximum Gasteiger partial charge on any atom is 0.0201 e. The number of hydrogen-bond donors (Lipinski definition) is 0. The molecule has 0 radical (unpaired) electrons. The third-order valence-corrected chi connectivity index (χ3v) is 3.91. The minimum absolute atomic E-state index is 0.382. The Morgan fingerprint density at radius 2 is 2.00 bits per heavy atom. The molecule has 0 aliphatic heterocycles. The van der Waals surface area contributed by atoms with Crippen LogP contribution >= 0.6 is 0 Å². The summed E-state index contributed by atoms with van der Waals surface area (Å²) in [6, 6.07) is 0. The smallest absolute Gasteiger partial charge is 0.0201 e. The first-order chi connectivity index (χ1) is 8.22. The number of allylic oxidation sites excluding steroid dienone is 12. The molecule has 3 aliphatic carbocycles. The molecule has 3 rings (SSSR count). The van der Waals surface area contributed by atoms with E-state index in [1.165, 1.54) is 27.9 Å². The summed E-state index contributed by atoms with van der Waals surface area (Å²) in [5.74, 6) is 0.836. The van der Waals surface area contributed by atoms with E-state index in [4.69, 9.17) is 0 Å². The lowest BCUT2D eigenvalue weighted by Crippen LogP contribution is -2.27. The van der Waals surface area contributed by atoms with Gasteiger partial charge in [-0.3, -0.25) is 0 Å². The molecule has 84 valence electrons. The van der Waals surface area contributed by atoms with Gasteiger partial charge < -0.3 is 0 Å². The highest BCUT2D eigenvalue weighted by Gasteiger charge is 2.36. The van der Waals surface area contributed by atoms with Gasteiger partial charge in [-0.15, -0.1) is 0 Å². The monoisotopic (exact) mass is 220 g/mol. The van der Waals surface area contributed by atoms with Gasteiger partial charge in [-0.25, -0.2) is 0 Å². The van der Waals surface area contributed by atoms with Gasteiger partial charge in [0.25, 0.3) is 0 Å². The first kappa shape index (κ1) is 10.3. The summed E-state index contributed by atoms with van der Waals surface area (Å²) >= 11 is 0. The fourth-order valence-electron chi connectivity index (χ4n) is 3.09. The van der Waals surface area contributed by atoms with Gasteiger partial charge in [0.15, 0.2) is 0 Å². The van der Waals surface area contributed by atoms with E-state index in [1.807, 2.05) is 6.08 Å². The van der Waals surface area contributed by atoms with Crippen molar-refractivity contribution in [2.45, 2.75) is 6.92 Å². The van der Waals surface area contributed by atoms with Gasteiger partial charge in [0.2, 0.25) is 0 Å². The molecule has 0 aromatic carbocycles. The highest BCUT2D eigenvalue weighted by Crippen LogP contribution is 2.47. The molecule has 2 unspecified atom stereocenters. The van der Waals surface area contributed by atoms with Gasteiger partial charge in [0.05, 0.1) is 0 Å². The topological polar surface area (TPSA) is 0 Å². The molecule has 0 fully saturated rings. The van der Waals surface area contributed by atoms with Crippen molar-refractivity contribution < 1.29 is 0 Å². The van der Waals surface area contributed by atoms with Crippen LogP contribution in [0.4, 0.5) is 0 Å². The van der Waals surface area contributed by atoms with Crippen LogP contribution in [0.3, 0.4) is 0 Å². The standard InChI is InChI=1S/C17H16/c1-4-13-10-12(3)15-7-5-6-14-9-8-11(2)16(13)17(14)15/h4-10,16-17H,1-2H2,3H3. The quantitative estimate of drug-likeness (QED) is 0.618. The zero-order valence-electron chi connectivity index (χ0n) is 10.1. The van der Waals surface area contributed by atoms with Crippen LogP contribution < -0.4 is 0 Å². The minimum Gasteiger partial charge on any atom is -0.0988 e. The predicted octanol–water partition coefficient (Wildman–Crippen LogP) is 4.28. The van der Waals surface area contributed by atoms with Gasteiger partial charge in [-0.05, 0) is 34.8 Å². The zero-order chi connectivity index (χ0) is 12.0. The Morgan fingerprint density at radius 3 is 2.76 bits per heavy atom. The molecular weight excluding hydrogens is 204 g/mol. The van der Waals surface area contributed by atoms with Gasteiger partial charge >= 0.3 is 0 Å². The summed E-state index contributed by atoms with van der Waals surface area (Å²) in [6.45, 7) is 10.3. The molecule has 0 heterocycles. The summed E-state index contributed by atoms with van der Waals surface area (Å²) in [5, 5.41) is 0. The normalized spacial score (nSPS) is 29.8. The van der Waals surface area contributed by atoms with E-state index in [1.54, 1.807) is 0 Å². The molecule has 0 saturated heterocycles. The van der Waals surface area contributed by atoms with Crippen LogP contribution in [-0.4, -0.2) is 0 Å². The molecule has 0 spiro atoms. The van der Waals surface area contributed by atoms with Crippen molar-refractivity contribution in [3.8, 4) is 0 Å². The van der Waals surface area contributed by atoms with E-state index in [0.717, 1.165) is 0 Å². The molecular formula is C17H16. The first-order valence-electron chi connectivity index (χ1n) is 6.02. The molecule has 3 aliphatic rings. The Kier molecular flexibility index (Phi) is 2.19. The number of rotatable bonds is 1. The Bertz CT molecular complexity index is 559. The van der Waals surface area contributed by atoms with Crippen molar-refractivity contribution in [2.75, 3.05) is 0 Å². The first-order valence-corrected chi connectivity index (χ1v) is 6.02. The maximum atomic E-state index is 4.20.